The molecule has 0 bridgehead atoms. The lowest BCUT2D eigenvalue weighted by molar-refractivity contribution is -0.117. The van der Waals surface area contributed by atoms with Crippen LogP contribution in [0.4, 0.5) is 5.69 Å². The first-order valence-electron chi connectivity index (χ1n) is 8.36. The number of halogens is 1. The van der Waals surface area contributed by atoms with Crippen molar-refractivity contribution in [3.63, 3.8) is 0 Å². The molecule has 1 amide bonds. The van der Waals surface area contributed by atoms with Crippen molar-refractivity contribution in [2.24, 2.45) is 0 Å². The third kappa shape index (κ3) is 4.50. The zero-order valence-corrected chi connectivity index (χ0v) is 16.1. The van der Waals surface area contributed by atoms with Gasteiger partial charge < -0.3 is 14.8 Å². The Labute approximate surface area is 166 Å². The lowest BCUT2D eigenvalue weighted by Gasteiger charge is -2.11. The van der Waals surface area contributed by atoms with Gasteiger partial charge in [0.05, 0.1) is 25.6 Å². The number of amides is 1. The summed E-state index contributed by atoms with van der Waals surface area (Å²) >= 11 is 5.97. The Balaban J connectivity index is 1.83. The summed E-state index contributed by atoms with van der Waals surface area (Å²) in [5.41, 5.74) is 1.34. The van der Waals surface area contributed by atoms with Gasteiger partial charge in [-0.15, -0.1) is 0 Å². The highest BCUT2D eigenvalue weighted by molar-refractivity contribution is 6.31. The zero-order chi connectivity index (χ0) is 20.1. The van der Waals surface area contributed by atoms with E-state index in [0.717, 1.165) is 10.2 Å². The van der Waals surface area contributed by atoms with Crippen molar-refractivity contribution in [3.8, 4) is 22.8 Å². The van der Waals surface area contributed by atoms with Crippen molar-refractivity contribution in [1.29, 1.82) is 0 Å². The van der Waals surface area contributed by atoms with E-state index in [1.165, 1.54) is 13.2 Å². The molecule has 0 spiro atoms. The maximum Gasteiger partial charge on any atom is 0.267 e. The number of nitrogens with one attached hydrogen (secondary N) is 1. The van der Waals surface area contributed by atoms with E-state index in [1.54, 1.807) is 37.4 Å². The number of hydrogen-bond acceptors (Lipinski definition) is 5. The molecule has 0 saturated carbocycles. The summed E-state index contributed by atoms with van der Waals surface area (Å²) in [6.07, 6.45) is 0. The summed E-state index contributed by atoms with van der Waals surface area (Å²) in [4.78, 5) is 24.6. The SMILES string of the molecule is COc1cccc(-c2ccc(=O)n(CC(=O)Nc3cc(Cl)ccc3OC)n2)c1. The first kappa shape index (κ1) is 19.4. The molecule has 2 aromatic carbocycles. The summed E-state index contributed by atoms with van der Waals surface area (Å²) in [5.74, 6) is 0.698. The predicted octanol–water partition coefficient (Wildman–Crippen LogP) is 3.22. The van der Waals surface area contributed by atoms with Gasteiger partial charge in [-0.3, -0.25) is 9.59 Å². The molecule has 0 aliphatic rings. The molecule has 7 nitrogen and oxygen atoms in total. The minimum atomic E-state index is -0.432. The van der Waals surface area contributed by atoms with Gasteiger partial charge in [0, 0.05) is 16.7 Å². The molecule has 0 unspecified atom stereocenters. The topological polar surface area (TPSA) is 82.5 Å². The van der Waals surface area contributed by atoms with Crippen LogP contribution in [0.25, 0.3) is 11.3 Å². The number of ether oxygens (including phenoxy) is 2. The Morgan fingerprint density at radius 2 is 1.93 bits per heavy atom. The van der Waals surface area contributed by atoms with E-state index in [-0.39, 0.29) is 12.1 Å². The summed E-state index contributed by atoms with van der Waals surface area (Å²) in [5, 5.41) is 7.43. The second kappa shape index (κ2) is 8.58. The number of aromatic nitrogens is 2. The maximum atomic E-state index is 12.4. The molecule has 3 rings (SSSR count). The van der Waals surface area contributed by atoms with Gasteiger partial charge in [0.2, 0.25) is 5.91 Å². The fourth-order valence-electron chi connectivity index (χ4n) is 2.60. The van der Waals surface area contributed by atoms with E-state index in [9.17, 15) is 9.59 Å². The molecule has 144 valence electrons. The summed E-state index contributed by atoms with van der Waals surface area (Å²) < 4.78 is 11.5. The number of methoxy groups -OCH3 is 2. The number of carbonyl (C=O) groups is 1. The highest BCUT2D eigenvalue weighted by atomic mass is 35.5. The van der Waals surface area contributed by atoms with Crippen LogP contribution < -0.4 is 20.3 Å². The monoisotopic (exact) mass is 399 g/mol. The Morgan fingerprint density at radius 1 is 1.11 bits per heavy atom. The number of benzene rings is 2. The highest BCUT2D eigenvalue weighted by Crippen LogP contribution is 2.27. The molecule has 0 fully saturated rings. The Morgan fingerprint density at radius 3 is 2.68 bits per heavy atom. The number of nitrogens with zero attached hydrogens (tertiary/aromatic N) is 2. The van der Waals surface area contributed by atoms with Crippen LogP contribution in [0, 0.1) is 0 Å². The zero-order valence-electron chi connectivity index (χ0n) is 15.3. The first-order valence-corrected chi connectivity index (χ1v) is 8.74. The fraction of sp³-hybridized carbons (Fsp3) is 0.150. The largest absolute Gasteiger partial charge is 0.497 e. The van der Waals surface area contributed by atoms with Crippen LogP contribution in [-0.2, 0) is 11.3 Å². The molecule has 3 aromatic rings. The van der Waals surface area contributed by atoms with E-state index in [1.807, 2.05) is 18.2 Å². The quantitative estimate of drug-likeness (QED) is 0.688. The van der Waals surface area contributed by atoms with Gasteiger partial charge in [-0.1, -0.05) is 23.7 Å². The van der Waals surface area contributed by atoms with Crippen LogP contribution in [0.15, 0.2) is 59.4 Å². The molecule has 1 N–H and O–H groups in total. The van der Waals surface area contributed by atoms with Crippen molar-refractivity contribution in [2.75, 3.05) is 19.5 Å². The van der Waals surface area contributed by atoms with Gasteiger partial charge in [-0.05, 0) is 36.4 Å². The van der Waals surface area contributed by atoms with Crippen LogP contribution in [0.3, 0.4) is 0 Å². The molecule has 0 saturated heterocycles. The molecule has 8 heteroatoms. The summed E-state index contributed by atoms with van der Waals surface area (Å²) in [7, 11) is 3.06. The van der Waals surface area contributed by atoms with Crippen LogP contribution in [0.1, 0.15) is 0 Å². The average molecular weight is 400 g/mol. The number of anilines is 1. The van der Waals surface area contributed by atoms with Crippen LogP contribution in [0.2, 0.25) is 5.02 Å². The second-order valence-corrected chi connectivity index (χ2v) is 6.28. The average Bonchev–Trinajstić information content (AvgIpc) is 2.70. The molecular weight excluding hydrogens is 382 g/mol. The number of carbonyl (C=O) groups excluding carboxylic acids is 1. The van der Waals surface area contributed by atoms with E-state index in [0.29, 0.717) is 27.9 Å². The smallest absolute Gasteiger partial charge is 0.267 e. The number of hydrogen-bond donors (Lipinski definition) is 1. The molecule has 1 heterocycles. The molecule has 0 radical (unpaired) electrons. The highest BCUT2D eigenvalue weighted by Gasteiger charge is 2.12. The van der Waals surface area contributed by atoms with Crippen LogP contribution >= 0.6 is 11.6 Å². The van der Waals surface area contributed by atoms with Crippen molar-refractivity contribution in [1.82, 2.24) is 9.78 Å². The van der Waals surface area contributed by atoms with Crippen molar-refractivity contribution < 1.29 is 14.3 Å². The Kier molecular flexibility index (Phi) is 5.96. The lowest BCUT2D eigenvalue weighted by Crippen LogP contribution is -2.29. The molecule has 0 aliphatic heterocycles. The van der Waals surface area contributed by atoms with Crippen molar-refractivity contribution in [3.05, 3.63) is 70.0 Å². The molecular formula is C20H18ClN3O4. The maximum absolute atomic E-state index is 12.4. The number of rotatable bonds is 6. The molecule has 0 atom stereocenters. The van der Waals surface area contributed by atoms with Gasteiger partial charge >= 0.3 is 0 Å². The van der Waals surface area contributed by atoms with Gasteiger partial charge in [0.25, 0.3) is 5.56 Å². The van der Waals surface area contributed by atoms with E-state index in [2.05, 4.69) is 10.4 Å². The van der Waals surface area contributed by atoms with Gasteiger partial charge in [-0.25, -0.2) is 4.68 Å². The van der Waals surface area contributed by atoms with Gasteiger partial charge in [0.15, 0.2) is 0 Å². The third-order valence-corrected chi connectivity index (χ3v) is 4.20. The Hall–Kier alpha value is -3.32. The summed E-state index contributed by atoms with van der Waals surface area (Å²) in [6, 6.07) is 15.1. The standard InChI is InChI=1S/C20H18ClN3O4/c1-27-15-5-3-4-13(10-15)16-7-9-20(26)24(23-16)12-19(25)22-17-11-14(21)6-8-18(17)28-2/h3-11H,12H2,1-2H3,(H,22,25). The van der Waals surface area contributed by atoms with E-state index in [4.69, 9.17) is 21.1 Å². The third-order valence-electron chi connectivity index (χ3n) is 3.96. The molecule has 1 aromatic heterocycles. The second-order valence-electron chi connectivity index (χ2n) is 5.84. The minimum absolute atomic E-state index is 0.258. The fourth-order valence-corrected chi connectivity index (χ4v) is 2.77. The normalized spacial score (nSPS) is 10.4. The minimum Gasteiger partial charge on any atom is -0.497 e. The van der Waals surface area contributed by atoms with Crippen LogP contribution in [-0.4, -0.2) is 29.9 Å². The molecule has 28 heavy (non-hydrogen) atoms. The summed E-state index contributed by atoms with van der Waals surface area (Å²) in [6.45, 7) is -0.258. The first-order chi connectivity index (χ1) is 13.5. The van der Waals surface area contributed by atoms with Gasteiger partial charge in [-0.2, -0.15) is 5.10 Å². The van der Waals surface area contributed by atoms with E-state index >= 15 is 0 Å². The van der Waals surface area contributed by atoms with Crippen LogP contribution in [0.5, 0.6) is 11.5 Å². The lowest BCUT2D eigenvalue weighted by atomic mass is 10.1. The predicted molar refractivity (Wildman–Crippen MR) is 107 cm³/mol. The molecule has 0 aliphatic carbocycles. The van der Waals surface area contributed by atoms with Gasteiger partial charge in [0.1, 0.15) is 18.0 Å². The van der Waals surface area contributed by atoms with Crippen molar-refractivity contribution >= 4 is 23.2 Å². The Bertz CT molecular complexity index is 1070. The van der Waals surface area contributed by atoms with E-state index < -0.39 is 5.91 Å². The van der Waals surface area contributed by atoms with Crippen molar-refractivity contribution in [2.45, 2.75) is 6.54 Å².